The van der Waals surface area contributed by atoms with E-state index in [1.165, 1.54) is 11.1 Å². The standard InChI is InChI=1S/C23H27N3O4/c1-14(2)9-19(23(28)25-17-7-8-20-21(11-17)30-13-29-20)26-22(27)18-10-15-5-3-4-6-16(15)12-24-18/h3-8,11,14,18-19,24H,9-10,12-13H2,1-2H3,(H,25,28)(H,26,27)/t18-,19-/m0/s1. The van der Waals surface area contributed by atoms with Crippen molar-refractivity contribution in [2.75, 3.05) is 12.1 Å². The number of anilines is 1. The summed E-state index contributed by atoms with van der Waals surface area (Å²) in [4.78, 5) is 25.9. The van der Waals surface area contributed by atoms with Crippen molar-refractivity contribution in [3.63, 3.8) is 0 Å². The fourth-order valence-corrected chi connectivity index (χ4v) is 3.82. The predicted molar refractivity (Wildman–Crippen MR) is 113 cm³/mol. The van der Waals surface area contributed by atoms with E-state index >= 15 is 0 Å². The predicted octanol–water partition coefficient (Wildman–Crippen LogP) is 2.60. The third kappa shape index (κ3) is 4.57. The SMILES string of the molecule is CC(C)C[C@H](NC(=O)[C@@H]1Cc2ccccc2CN1)C(=O)Nc1ccc2c(c1)OCO2. The second kappa shape index (κ2) is 8.75. The summed E-state index contributed by atoms with van der Waals surface area (Å²) in [5.74, 6) is 1.10. The number of fused-ring (bicyclic) bond motifs is 2. The molecule has 0 saturated carbocycles. The highest BCUT2D eigenvalue weighted by Crippen LogP contribution is 2.34. The summed E-state index contributed by atoms with van der Waals surface area (Å²) in [6.07, 6.45) is 1.16. The minimum Gasteiger partial charge on any atom is -0.454 e. The smallest absolute Gasteiger partial charge is 0.246 e. The molecule has 0 fully saturated rings. The number of ether oxygens (including phenoxy) is 2. The van der Waals surface area contributed by atoms with Crippen molar-refractivity contribution in [1.82, 2.24) is 10.6 Å². The van der Waals surface area contributed by atoms with Gasteiger partial charge in [-0.25, -0.2) is 0 Å². The first kappa shape index (κ1) is 20.2. The van der Waals surface area contributed by atoms with Gasteiger partial charge in [0.15, 0.2) is 11.5 Å². The molecule has 2 heterocycles. The van der Waals surface area contributed by atoms with E-state index in [1.54, 1.807) is 18.2 Å². The number of carbonyl (C=O) groups is 2. The van der Waals surface area contributed by atoms with E-state index in [0.717, 1.165) is 0 Å². The Morgan fingerprint density at radius 1 is 1.10 bits per heavy atom. The molecule has 158 valence electrons. The van der Waals surface area contributed by atoms with Gasteiger partial charge in [0.25, 0.3) is 0 Å². The minimum absolute atomic E-state index is 0.156. The van der Waals surface area contributed by atoms with E-state index in [9.17, 15) is 9.59 Å². The summed E-state index contributed by atoms with van der Waals surface area (Å²) in [6.45, 7) is 4.88. The van der Waals surface area contributed by atoms with Gasteiger partial charge >= 0.3 is 0 Å². The molecule has 2 amide bonds. The maximum atomic E-state index is 12.9. The van der Waals surface area contributed by atoms with Crippen LogP contribution in [0.2, 0.25) is 0 Å². The lowest BCUT2D eigenvalue weighted by atomic mass is 9.95. The van der Waals surface area contributed by atoms with E-state index in [1.807, 2.05) is 32.0 Å². The Kier molecular flexibility index (Phi) is 5.90. The van der Waals surface area contributed by atoms with Crippen molar-refractivity contribution < 1.29 is 19.1 Å². The normalized spacial score (nSPS) is 17.9. The molecule has 7 heteroatoms. The van der Waals surface area contributed by atoms with Gasteiger partial charge in [0.2, 0.25) is 18.6 Å². The molecule has 2 atom stereocenters. The summed E-state index contributed by atoms with van der Waals surface area (Å²) in [5.41, 5.74) is 2.99. The molecule has 2 aliphatic heterocycles. The van der Waals surface area contributed by atoms with E-state index in [4.69, 9.17) is 9.47 Å². The molecular weight excluding hydrogens is 382 g/mol. The summed E-state index contributed by atoms with van der Waals surface area (Å²) in [6, 6.07) is 12.4. The Labute approximate surface area is 176 Å². The number of hydrogen-bond acceptors (Lipinski definition) is 5. The molecule has 3 N–H and O–H groups in total. The Morgan fingerprint density at radius 2 is 1.87 bits per heavy atom. The zero-order chi connectivity index (χ0) is 21.1. The van der Waals surface area contributed by atoms with Crippen molar-refractivity contribution in [3.05, 3.63) is 53.6 Å². The number of amides is 2. The molecule has 0 bridgehead atoms. The van der Waals surface area contributed by atoms with Gasteiger partial charge in [-0.2, -0.15) is 0 Å². The average Bonchev–Trinajstić information content (AvgIpc) is 3.20. The van der Waals surface area contributed by atoms with Crippen molar-refractivity contribution in [2.45, 2.75) is 45.3 Å². The van der Waals surface area contributed by atoms with Gasteiger partial charge in [-0.15, -0.1) is 0 Å². The van der Waals surface area contributed by atoms with E-state index < -0.39 is 6.04 Å². The molecule has 30 heavy (non-hydrogen) atoms. The summed E-state index contributed by atoms with van der Waals surface area (Å²) < 4.78 is 10.7. The molecule has 2 aliphatic rings. The zero-order valence-corrected chi connectivity index (χ0v) is 17.2. The minimum atomic E-state index is -0.623. The summed E-state index contributed by atoms with van der Waals surface area (Å²) >= 11 is 0. The second-order valence-electron chi connectivity index (χ2n) is 8.15. The van der Waals surface area contributed by atoms with Gasteiger partial charge in [0.05, 0.1) is 6.04 Å². The van der Waals surface area contributed by atoms with Crippen LogP contribution in [0, 0.1) is 5.92 Å². The first-order valence-corrected chi connectivity index (χ1v) is 10.3. The lowest BCUT2D eigenvalue weighted by molar-refractivity contribution is -0.128. The van der Waals surface area contributed by atoms with Crippen LogP contribution in [-0.2, 0) is 22.6 Å². The third-order valence-electron chi connectivity index (χ3n) is 5.38. The van der Waals surface area contributed by atoms with Crippen LogP contribution < -0.4 is 25.4 Å². The molecule has 0 radical (unpaired) electrons. The number of benzene rings is 2. The monoisotopic (exact) mass is 409 g/mol. The molecule has 0 aromatic heterocycles. The quantitative estimate of drug-likeness (QED) is 0.683. The number of carbonyl (C=O) groups excluding carboxylic acids is 2. The van der Waals surface area contributed by atoms with Crippen LogP contribution in [0.5, 0.6) is 11.5 Å². The largest absolute Gasteiger partial charge is 0.454 e. The Balaban J connectivity index is 1.42. The number of nitrogens with one attached hydrogen (secondary N) is 3. The molecule has 0 spiro atoms. The van der Waals surface area contributed by atoms with E-state index in [-0.39, 0.29) is 30.6 Å². The first-order chi connectivity index (χ1) is 14.5. The van der Waals surface area contributed by atoms with Crippen LogP contribution in [0.15, 0.2) is 42.5 Å². The van der Waals surface area contributed by atoms with Gasteiger partial charge in [-0.3, -0.25) is 9.59 Å². The van der Waals surface area contributed by atoms with Gasteiger partial charge in [-0.1, -0.05) is 38.1 Å². The van der Waals surface area contributed by atoms with Gasteiger partial charge in [0.1, 0.15) is 6.04 Å². The van der Waals surface area contributed by atoms with Gasteiger partial charge in [0, 0.05) is 18.3 Å². The molecule has 2 aromatic rings. The van der Waals surface area contributed by atoms with Crippen LogP contribution in [0.1, 0.15) is 31.4 Å². The average molecular weight is 409 g/mol. The van der Waals surface area contributed by atoms with Crippen molar-refractivity contribution in [3.8, 4) is 11.5 Å². The van der Waals surface area contributed by atoms with Crippen LogP contribution in [0.4, 0.5) is 5.69 Å². The maximum Gasteiger partial charge on any atom is 0.246 e. The van der Waals surface area contributed by atoms with Crippen molar-refractivity contribution in [1.29, 1.82) is 0 Å². The molecule has 0 saturated heterocycles. The Hall–Kier alpha value is -3.06. The Morgan fingerprint density at radius 3 is 2.67 bits per heavy atom. The highest BCUT2D eigenvalue weighted by molar-refractivity contribution is 5.98. The molecule has 2 aromatic carbocycles. The fraction of sp³-hybridized carbons (Fsp3) is 0.391. The van der Waals surface area contributed by atoms with Crippen LogP contribution >= 0.6 is 0 Å². The molecule has 0 aliphatic carbocycles. The molecule has 0 unspecified atom stereocenters. The number of rotatable bonds is 6. The lowest BCUT2D eigenvalue weighted by Gasteiger charge is -2.28. The van der Waals surface area contributed by atoms with Crippen LogP contribution in [0.25, 0.3) is 0 Å². The zero-order valence-electron chi connectivity index (χ0n) is 17.2. The maximum absolute atomic E-state index is 12.9. The van der Waals surface area contributed by atoms with Crippen molar-refractivity contribution in [2.24, 2.45) is 5.92 Å². The number of hydrogen-bond donors (Lipinski definition) is 3. The molecule has 4 rings (SSSR count). The summed E-state index contributed by atoms with van der Waals surface area (Å²) in [7, 11) is 0. The summed E-state index contributed by atoms with van der Waals surface area (Å²) in [5, 5.41) is 9.12. The van der Waals surface area contributed by atoms with Crippen LogP contribution in [-0.4, -0.2) is 30.7 Å². The highest BCUT2D eigenvalue weighted by Gasteiger charge is 2.29. The van der Waals surface area contributed by atoms with Gasteiger partial charge in [-0.05, 0) is 42.0 Å². The lowest BCUT2D eigenvalue weighted by Crippen LogP contribution is -2.53. The Bertz CT molecular complexity index is 944. The third-order valence-corrected chi connectivity index (χ3v) is 5.38. The second-order valence-corrected chi connectivity index (χ2v) is 8.15. The molecule has 7 nitrogen and oxygen atoms in total. The highest BCUT2D eigenvalue weighted by atomic mass is 16.7. The van der Waals surface area contributed by atoms with E-state index in [2.05, 4.69) is 22.0 Å². The van der Waals surface area contributed by atoms with Gasteiger partial charge < -0.3 is 25.4 Å². The topological polar surface area (TPSA) is 88.7 Å². The van der Waals surface area contributed by atoms with E-state index in [0.29, 0.717) is 36.6 Å². The molecular formula is C23H27N3O4. The first-order valence-electron chi connectivity index (χ1n) is 10.3. The fourth-order valence-electron chi connectivity index (χ4n) is 3.82. The van der Waals surface area contributed by atoms with Crippen molar-refractivity contribution >= 4 is 17.5 Å². The van der Waals surface area contributed by atoms with Crippen LogP contribution in [0.3, 0.4) is 0 Å².